The van der Waals surface area contributed by atoms with Crippen molar-refractivity contribution in [2.75, 3.05) is 7.11 Å². The molecular formula is C8H13O2P. The van der Waals surface area contributed by atoms with Crippen molar-refractivity contribution in [1.82, 2.24) is 0 Å². The van der Waals surface area contributed by atoms with Crippen molar-refractivity contribution in [2.24, 2.45) is 0 Å². The van der Waals surface area contributed by atoms with Crippen molar-refractivity contribution in [3.63, 3.8) is 0 Å². The molecule has 0 aromatic carbocycles. The van der Waals surface area contributed by atoms with Gasteiger partial charge in [0.05, 0.1) is 6.10 Å². The van der Waals surface area contributed by atoms with Crippen LogP contribution in [0.15, 0.2) is 10.5 Å². The van der Waals surface area contributed by atoms with E-state index >= 15 is 0 Å². The standard InChI is InChI=1S/C8H13O2P/c1-5(9-3)7-4-8(11)10-6(7)2/h4-5H,11H2,1-3H3. The lowest BCUT2D eigenvalue weighted by atomic mass is 10.2. The summed E-state index contributed by atoms with van der Waals surface area (Å²) in [4.78, 5) is 0. The lowest BCUT2D eigenvalue weighted by molar-refractivity contribution is 0.118. The molecule has 0 spiro atoms. The highest BCUT2D eigenvalue weighted by atomic mass is 31.0. The summed E-state index contributed by atoms with van der Waals surface area (Å²) in [5.41, 5.74) is 1.99. The fraction of sp³-hybridized carbons (Fsp3) is 0.500. The molecule has 0 amide bonds. The molecule has 0 saturated heterocycles. The summed E-state index contributed by atoms with van der Waals surface area (Å²) >= 11 is 0. The number of hydrogen-bond acceptors (Lipinski definition) is 2. The third-order valence-electron chi connectivity index (χ3n) is 1.77. The van der Waals surface area contributed by atoms with E-state index in [0.29, 0.717) is 0 Å². The zero-order valence-electron chi connectivity index (χ0n) is 7.05. The van der Waals surface area contributed by atoms with Crippen LogP contribution in [0.1, 0.15) is 24.4 Å². The maximum atomic E-state index is 5.32. The predicted molar refractivity (Wildman–Crippen MR) is 48.2 cm³/mol. The van der Waals surface area contributed by atoms with E-state index in [9.17, 15) is 0 Å². The van der Waals surface area contributed by atoms with Crippen molar-refractivity contribution in [1.29, 1.82) is 0 Å². The van der Waals surface area contributed by atoms with Gasteiger partial charge in [-0.2, -0.15) is 0 Å². The van der Waals surface area contributed by atoms with Gasteiger partial charge in [0.15, 0.2) is 0 Å². The van der Waals surface area contributed by atoms with E-state index in [-0.39, 0.29) is 6.10 Å². The minimum absolute atomic E-state index is 0.119. The van der Waals surface area contributed by atoms with Gasteiger partial charge in [0.25, 0.3) is 0 Å². The molecule has 0 aliphatic heterocycles. The predicted octanol–water partition coefficient (Wildman–Crippen LogP) is 1.80. The Labute approximate surface area is 69.1 Å². The highest BCUT2D eigenvalue weighted by Crippen LogP contribution is 2.20. The van der Waals surface area contributed by atoms with Gasteiger partial charge in [-0.1, -0.05) is 9.24 Å². The lowest BCUT2D eigenvalue weighted by Crippen LogP contribution is -1.95. The van der Waals surface area contributed by atoms with E-state index in [1.807, 2.05) is 19.9 Å². The van der Waals surface area contributed by atoms with Crippen LogP contribution in [-0.4, -0.2) is 7.11 Å². The van der Waals surface area contributed by atoms with Gasteiger partial charge in [-0.15, -0.1) is 0 Å². The van der Waals surface area contributed by atoms with Crippen LogP contribution in [0.4, 0.5) is 0 Å². The molecule has 1 aromatic rings. The summed E-state index contributed by atoms with van der Waals surface area (Å²) < 4.78 is 10.5. The summed E-state index contributed by atoms with van der Waals surface area (Å²) in [5, 5.41) is 0. The molecule has 1 heterocycles. The highest BCUT2D eigenvalue weighted by molar-refractivity contribution is 7.26. The Morgan fingerprint density at radius 3 is 2.64 bits per heavy atom. The molecule has 2 unspecified atom stereocenters. The summed E-state index contributed by atoms with van der Waals surface area (Å²) in [7, 11) is 4.22. The molecule has 3 heteroatoms. The average Bonchev–Trinajstić information content (AvgIpc) is 2.28. The number of ether oxygens (including phenoxy) is 1. The van der Waals surface area contributed by atoms with Crippen LogP contribution in [0, 0.1) is 6.92 Å². The Kier molecular flexibility index (Phi) is 2.69. The molecule has 62 valence electrons. The van der Waals surface area contributed by atoms with Crippen LogP contribution < -0.4 is 5.50 Å². The molecule has 1 rings (SSSR count). The summed E-state index contributed by atoms with van der Waals surface area (Å²) in [6.07, 6.45) is 0.119. The van der Waals surface area contributed by atoms with E-state index in [0.717, 1.165) is 16.8 Å². The van der Waals surface area contributed by atoms with Crippen molar-refractivity contribution >= 4 is 14.7 Å². The van der Waals surface area contributed by atoms with Gasteiger partial charge in [0.1, 0.15) is 11.3 Å². The molecule has 2 nitrogen and oxygen atoms in total. The van der Waals surface area contributed by atoms with Crippen molar-refractivity contribution < 1.29 is 9.15 Å². The Morgan fingerprint density at radius 1 is 1.64 bits per heavy atom. The van der Waals surface area contributed by atoms with Crippen LogP contribution in [0.2, 0.25) is 0 Å². The first-order valence-corrected chi connectivity index (χ1v) is 4.11. The summed E-state index contributed by atoms with van der Waals surface area (Å²) in [6.45, 7) is 3.94. The van der Waals surface area contributed by atoms with Gasteiger partial charge in [0, 0.05) is 12.7 Å². The topological polar surface area (TPSA) is 22.4 Å². The van der Waals surface area contributed by atoms with E-state index < -0.39 is 0 Å². The number of aryl methyl sites for hydroxylation is 1. The van der Waals surface area contributed by atoms with Gasteiger partial charge < -0.3 is 9.15 Å². The van der Waals surface area contributed by atoms with E-state index in [2.05, 4.69) is 9.24 Å². The fourth-order valence-electron chi connectivity index (χ4n) is 1.05. The molecule has 0 radical (unpaired) electrons. The van der Waals surface area contributed by atoms with Crippen LogP contribution in [-0.2, 0) is 4.74 Å². The number of methoxy groups -OCH3 is 1. The minimum Gasteiger partial charge on any atom is -0.462 e. The zero-order chi connectivity index (χ0) is 8.43. The second-order valence-corrected chi connectivity index (χ2v) is 3.11. The van der Waals surface area contributed by atoms with Gasteiger partial charge in [-0.05, 0) is 19.9 Å². The molecule has 0 N–H and O–H groups in total. The molecule has 1 aromatic heterocycles. The van der Waals surface area contributed by atoms with Crippen LogP contribution in [0.5, 0.6) is 0 Å². The van der Waals surface area contributed by atoms with Crippen LogP contribution >= 0.6 is 9.24 Å². The summed E-state index contributed by atoms with van der Waals surface area (Å²) in [6, 6.07) is 1.98. The Balaban J connectivity index is 2.93. The molecule has 2 atom stereocenters. The SMILES string of the molecule is COC(C)c1cc(P)oc1C. The lowest BCUT2D eigenvalue weighted by Gasteiger charge is -2.06. The van der Waals surface area contributed by atoms with Crippen molar-refractivity contribution in [2.45, 2.75) is 20.0 Å². The normalized spacial score (nSPS) is 13.5. The van der Waals surface area contributed by atoms with E-state index in [1.165, 1.54) is 0 Å². The van der Waals surface area contributed by atoms with Crippen LogP contribution in [0.3, 0.4) is 0 Å². The van der Waals surface area contributed by atoms with Gasteiger partial charge in [-0.25, -0.2) is 0 Å². The van der Waals surface area contributed by atoms with Crippen molar-refractivity contribution in [3.8, 4) is 0 Å². The third-order valence-corrected chi connectivity index (χ3v) is 2.05. The smallest absolute Gasteiger partial charge is 0.120 e. The van der Waals surface area contributed by atoms with Crippen molar-refractivity contribution in [3.05, 3.63) is 17.4 Å². The molecule has 0 aliphatic carbocycles. The number of hydrogen-bond donors (Lipinski definition) is 0. The van der Waals surface area contributed by atoms with Gasteiger partial charge in [-0.3, -0.25) is 0 Å². The molecule has 0 bridgehead atoms. The van der Waals surface area contributed by atoms with E-state index in [1.54, 1.807) is 7.11 Å². The second-order valence-electron chi connectivity index (χ2n) is 2.54. The first-order valence-electron chi connectivity index (χ1n) is 3.53. The molecule has 0 fully saturated rings. The third kappa shape index (κ3) is 1.82. The van der Waals surface area contributed by atoms with Gasteiger partial charge in [0.2, 0.25) is 0 Å². The Hall–Kier alpha value is -0.330. The largest absolute Gasteiger partial charge is 0.462 e. The Bertz CT molecular complexity index is 242. The van der Waals surface area contributed by atoms with Crippen LogP contribution in [0.25, 0.3) is 0 Å². The minimum atomic E-state index is 0.119. The fourth-order valence-corrected chi connectivity index (χ4v) is 1.41. The number of rotatable bonds is 2. The van der Waals surface area contributed by atoms with Gasteiger partial charge >= 0.3 is 0 Å². The zero-order valence-corrected chi connectivity index (χ0v) is 8.20. The summed E-state index contributed by atoms with van der Waals surface area (Å²) in [5.74, 6) is 0.935. The molecule has 0 aliphatic rings. The highest BCUT2D eigenvalue weighted by Gasteiger charge is 2.10. The molecule has 0 saturated carbocycles. The Morgan fingerprint density at radius 2 is 2.27 bits per heavy atom. The monoisotopic (exact) mass is 172 g/mol. The first kappa shape index (κ1) is 8.76. The van der Waals surface area contributed by atoms with E-state index in [4.69, 9.17) is 9.15 Å². The molecular weight excluding hydrogens is 159 g/mol. The maximum Gasteiger partial charge on any atom is 0.120 e. The second kappa shape index (κ2) is 3.38. The average molecular weight is 172 g/mol. The first-order chi connectivity index (χ1) is 5.15. The maximum absolute atomic E-state index is 5.32. The number of furan rings is 1. The quantitative estimate of drug-likeness (QED) is 0.634. The molecule has 11 heavy (non-hydrogen) atoms.